The van der Waals surface area contributed by atoms with Gasteiger partial charge in [-0.1, -0.05) is 0 Å². The molecular weight excluding hydrogens is 188 g/mol. The molecule has 3 fully saturated rings. The Balaban J connectivity index is 1.59. The highest BCUT2D eigenvalue weighted by Gasteiger charge is 2.44. The van der Waals surface area contributed by atoms with Crippen molar-refractivity contribution in [2.45, 2.75) is 44.2 Å². The van der Waals surface area contributed by atoms with Crippen LogP contribution in [0.1, 0.15) is 32.1 Å². The van der Waals surface area contributed by atoms with E-state index in [1.165, 1.54) is 25.7 Å². The average Bonchev–Trinajstić information content (AvgIpc) is 2.80. The van der Waals surface area contributed by atoms with Crippen molar-refractivity contribution in [3.05, 3.63) is 0 Å². The second kappa shape index (κ2) is 3.48. The van der Waals surface area contributed by atoms with E-state index in [4.69, 9.17) is 0 Å². The van der Waals surface area contributed by atoms with E-state index in [0.717, 1.165) is 18.9 Å². The molecule has 3 heteroatoms. The van der Waals surface area contributed by atoms with Crippen LogP contribution < -0.4 is 5.32 Å². The van der Waals surface area contributed by atoms with Gasteiger partial charge in [0, 0.05) is 25.7 Å². The molecule has 0 aromatic carbocycles. The quantitative estimate of drug-likeness (QED) is 0.750. The van der Waals surface area contributed by atoms with Gasteiger partial charge in [-0.15, -0.1) is 0 Å². The molecule has 0 aromatic rings. The Morgan fingerprint density at radius 3 is 2.67 bits per heavy atom. The van der Waals surface area contributed by atoms with Crippen LogP contribution in [0.15, 0.2) is 0 Å². The van der Waals surface area contributed by atoms with E-state index >= 15 is 0 Å². The molecule has 3 rings (SSSR count). The molecule has 2 aliphatic heterocycles. The second-order valence-electron chi connectivity index (χ2n) is 5.55. The Labute approximate surface area is 91.2 Å². The lowest BCUT2D eigenvalue weighted by molar-refractivity contribution is -0.135. The smallest absolute Gasteiger partial charge is 0.227 e. The molecule has 1 N–H and O–H groups in total. The largest absolute Gasteiger partial charge is 0.345 e. The first-order valence-corrected chi connectivity index (χ1v) is 6.25. The topological polar surface area (TPSA) is 32.3 Å². The number of hydrogen-bond acceptors (Lipinski definition) is 2. The molecule has 2 bridgehead atoms. The van der Waals surface area contributed by atoms with Gasteiger partial charge in [-0.3, -0.25) is 4.79 Å². The van der Waals surface area contributed by atoms with Crippen molar-refractivity contribution in [1.82, 2.24) is 10.2 Å². The molecule has 15 heavy (non-hydrogen) atoms. The Morgan fingerprint density at radius 1 is 1.33 bits per heavy atom. The molecule has 3 nitrogen and oxygen atoms in total. The van der Waals surface area contributed by atoms with E-state index in [9.17, 15) is 4.79 Å². The number of hydrogen-bond donors (Lipinski definition) is 1. The van der Waals surface area contributed by atoms with Crippen LogP contribution in [0.3, 0.4) is 0 Å². The highest BCUT2D eigenvalue weighted by molar-refractivity contribution is 5.80. The van der Waals surface area contributed by atoms with E-state index in [2.05, 4.69) is 5.32 Å². The molecule has 0 radical (unpaired) electrons. The van der Waals surface area contributed by atoms with Crippen molar-refractivity contribution in [3.63, 3.8) is 0 Å². The third kappa shape index (κ3) is 1.78. The summed E-state index contributed by atoms with van der Waals surface area (Å²) in [4.78, 5) is 14.2. The van der Waals surface area contributed by atoms with Crippen LogP contribution in [0, 0.1) is 11.8 Å². The van der Waals surface area contributed by atoms with Crippen molar-refractivity contribution in [1.29, 1.82) is 0 Å². The Hall–Kier alpha value is -0.570. The molecule has 2 heterocycles. The van der Waals surface area contributed by atoms with Crippen molar-refractivity contribution >= 4 is 5.91 Å². The Bertz CT molecular complexity index is 275. The first kappa shape index (κ1) is 9.64. The number of carbonyl (C=O) groups is 1. The number of nitrogens with one attached hydrogen (secondary N) is 1. The monoisotopic (exact) mass is 208 g/mol. The standard InChI is InChI=1S/C12H20N2O/c1-14(7-8-2-3-8)12(15)10-6-9-4-5-11(10)13-9/h8-11,13H,2-7H2,1H3. The minimum atomic E-state index is 0.285. The lowest BCUT2D eigenvalue weighted by Gasteiger charge is -2.25. The fraction of sp³-hybridized carbons (Fsp3) is 0.917. The summed E-state index contributed by atoms with van der Waals surface area (Å²) in [6.07, 6.45) is 6.22. The first-order valence-electron chi connectivity index (χ1n) is 6.25. The Morgan fingerprint density at radius 2 is 2.13 bits per heavy atom. The van der Waals surface area contributed by atoms with Gasteiger partial charge in [0.1, 0.15) is 0 Å². The lowest BCUT2D eigenvalue weighted by atomic mass is 9.88. The minimum absolute atomic E-state index is 0.285. The molecule has 84 valence electrons. The second-order valence-corrected chi connectivity index (χ2v) is 5.55. The number of carbonyl (C=O) groups excluding carboxylic acids is 1. The predicted molar refractivity (Wildman–Crippen MR) is 58.4 cm³/mol. The van der Waals surface area contributed by atoms with Crippen LogP contribution in [0.5, 0.6) is 0 Å². The summed E-state index contributed by atoms with van der Waals surface area (Å²) in [5, 5.41) is 3.54. The van der Waals surface area contributed by atoms with Gasteiger partial charge in [0.25, 0.3) is 0 Å². The maximum absolute atomic E-state index is 12.2. The molecule has 0 spiro atoms. The summed E-state index contributed by atoms with van der Waals surface area (Å²) in [6.45, 7) is 0.993. The van der Waals surface area contributed by atoms with Gasteiger partial charge < -0.3 is 10.2 Å². The molecule has 1 aliphatic carbocycles. The first-order chi connectivity index (χ1) is 7.24. The van der Waals surface area contributed by atoms with E-state index in [0.29, 0.717) is 18.0 Å². The summed E-state index contributed by atoms with van der Waals surface area (Å²) in [5.41, 5.74) is 0. The van der Waals surface area contributed by atoms with Crippen molar-refractivity contribution in [2.75, 3.05) is 13.6 Å². The maximum Gasteiger partial charge on any atom is 0.227 e. The van der Waals surface area contributed by atoms with Crippen LogP contribution in [0.4, 0.5) is 0 Å². The van der Waals surface area contributed by atoms with E-state index < -0.39 is 0 Å². The Kier molecular flexibility index (Phi) is 2.23. The fourth-order valence-corrected chi connectivity index (χ4v) is 3.16. The minimum Gasteiger partial charge on any atom is -0.345 e. The normalized spacial score (nSPS) is 38.3. The lowest BCUT2D eigenvalue weighted by Crippen LogP contribution is -2.39. The van der Waals surface area contributed by atoms with Crippen LogP contribution >= 0.6 is 0 Å². The van der Waals surface area contributed by atoms with Crippen LogP contribution in [0.2, 0.25) is 0 Å². The highest BCUT2D eigenvalue weighted by Crippen LogP contribution is 2.35. The average molecular weight is 208 g/mol. The summed E-state index contributed by atoms with van der Waals surface area (Å²) < 4.78 is 0. The molecule has 1 saturated carbocycles. The summed E-state index contributed by atoms with van der Waals surface area (Å²) in [5.74, 6) is 1.49. The fourth-order valence-electron chi connectivity index (χ4n) is 3.16. The maximum atomic E-state index is 12.2. The molecular formula is C12H20N2O. The zero-order valence-corrected chi connectivity index (χ0v) is 9.41. The predicted octanol–water partition coefficient (Wildman–Crippen LogP) is 0.995. The van der Waals surface area contributed by atoms with Crippen molar-refractivity contribution in [3.8, 4) is 0 Å². The van der Waals surface area contributed by atoms with Gasteiger partial charge >= 0.3 is 0 Å². The summed E-state index contributed by atoms with van der Waals surface area (Å²) in [7, 11) is 1.98. The third-order valence-electron chi connectivity index (χ3n) is 4.22. The van der Waals surface area contributed by atoms with Crippen molar-refractivity contribution in [2.24, 2.45) is 11.8 Å². The van der Waals surface area contributed by atoms with Gasteiger partial charge in [-0.2, -0.15) is 0 Å². The zero-order chi connectivity index (χ0) is 10.4. The molecule has 0 aromatic heterocycles. The summed E-state index contributed by atoms with van der Waals surface area (Å²) in [6, 6.07) is 1.13. The summed E-state index contributed by atoms with van der Waals surface area (Å²) >= 11 is 0. The van der Waals surface area contributed by atoms with E-state index in [1.54, 1.807) is 0 Å². The van der Waals surface area contributed by atoms with E-state index in [-0.39, 0.29) is 5.92 Å². The van der Waals surface area contributed by atoms with Crippen LogP contribution in [-0.2, 0) is 4.79 Å². The SMILES string of the molecule is CN(CC1CC1)C(=O)C1CC2CCC1N2. The number of rotatable bonds is 3. The molecule has 1 amide bonds. The zero-order valence-electron chi connectivity index (χ0n) is 9.41. The van der Waals surface area contributed by atoms with Gasteiger partial charge in [0.05, 0.1) is 5.92 Å². The third-order valence-corrected chi connectivity index (χ3v) is 4.22. The number of nitrogens with zero attached hydrogens (tertiary/aromatic N) is 1. The molecule has 2 saturated heterocycles. The van der Waals surface area contributed by atoms with Gasteiger partial charge in [0.15, 0.2) is 0 Å². The van der Waals surface area contributed by atoms with Crippen LogP contribution in [0.25, 0.3) is 0 Å². The van der Waals surface area contributed by atoms with Gasteiger partial charge in [-0.25, -0.2) is 0 Å². The molecule has 3 atom stereocenters. The van der Waals surface area contributed by atoms with Crippen LogP contribution in [-0.4, -0.2) is 36.5 Å². The van der Waals surface area contributed by atoms with Gasteiger partial charge in [-0.05, 0) is 38.0 Å². The number of amides is 1. The van der Waals surface area contributed by atoms with Crippen molar-refractivity contribution < 1.29 is 4.79 Å². The van der Waals surface area contributed by atoms with Gasteiger partial charge in [0.2, 0.25) is 5.91 Å². The molecule has 3 aliphatic rings. The highest BCUT2D eigenvalue weighted by atomic mass is 16.2. The number of fused-ring (bicyclic) bond motifs is 2. The van der Waals surface area contributed by atoms with E-state index in [1.807, 2.05) is 11.9 Å². The molecule has 3 unspecified atom stereocenters.